The topological polar surface area (TPSA) is 56.2 Å². The van der Waals surface area contributed by atoms with Crippen molar-refractivity contribution in [3.8, 4) is 11.4 Å². The lowest BCUT2D eigenvalue weighted by atomic mass is 10.1. The summed E-state index contributed by atoms with van der Waals surface area (Å²) in [5, 5.41) is 13.5. The van der Waals surface area contributed by atoms with Crippen LogP contribution in [0.25, 0.3) is 11.4 Å². The second kappa shape index (κ2) is 5.55. The van der Waals surface area contributed by atoms with Gasteiger partial charge in [-0.05, 0) is 38.1 Å². The number of furan rings is 1. The third kappa shape index (κ3) is 2.34. The van der Waals surface area contributed by atoms with Gasteiger partial charge in [-0.2, -0.15) is 9.78 Å². The lowest BCUT2D eigenvalue weighted by molar-refractivity contribution is 0.508. The molecule has 0 fully saturated rings. The Bertz CT molecular complexity index is 963. The van der Waals surface area contributed by atoms with Crippen LogP contribution < -0.4 is 0 Å². The molecule has 4 rings (SSSR count). The Labute approximate surface area is 140 Å². The predicted octanol–water partition coefficient (Wildman–Crippen LogP) is 3.87. The van der Waals surface area contributed by atoms with Gasteiger partial charge in [-0.3, -0.25) is 0 Å². The average Bonchev–Trinajstić information content (AvgIpc) is 3.14. The summed E-state index contributed by atoms with van der Waals surface area (Å²) in [5.74, 6) is -0.517. The maximum Gasteiger partial charge on any atom is 0.213 e. The van der Waals surface area contributed by atoms with E-state index in [1.54, 1.807) is 17.0 Å². The van der Waals surface area contributed by atoms with E-state index in [4.69, 9.17) is 4.42 Å². The van der Waals surface area contributed by atoms with Crippen molar-refractivity contribution < 1.29 is 13.2 Å². The summed E-state index contributed by atoms with van der Waals surface area (Å²) in [5.41, 5.74) is 1.95. The third-order valence-corrected chi connectivity index (χ3v) is 4.84. The maximum atomic E-state index is 13.6. The van der Waals surface area contributed by atoms with Gasteiger partial charge in [0.2, 0.25) is 5.16 Å². The smallest absolute Gasteiger partial charge is 0.213 e. The number of nitrogens with zero attached hydrogens (tertiary/aromatic N) is 4. The number of halogens is 2. The summed E-state index contributed by atoms with van der Waals surface area (Å²) < 4.78 is 33.7. The van der Waals surface area contributed by atoms with Gasteiger partial charge in [-0.1, -0.05) is 11.8 Å². The van der Waals surface area contributed by atoms with E-state index < -0.39 is 11.6 Å². The largest absolute Gasteiger partial charge is 0.469 e. The Hall–Kier alpha value is -2.48. The predicted molar refractivity (Wildman–Crippen MR) is 86.1 cm³/mol. The van der Waals surface area contributed by atoms with Gasteiger partial charge in [0, 0.05) is 5.56 Å². The van der Waals surface area contributed by atoms with Crippen LogP contribution in [0.5, 0.6) is 0 Å². The van der Waals surface area contributed by atoms with Crippen LogP contribution in [0.1, 0.15) is 18.2 Å². The second-order valence-corrected chi connectivity index (χ2v) is 6.69. The summed E-state index contributed by atoms with van der Waals surface area (Å²) in [6.07, 6.45) is 1.57. The number of benzene rings is 1. The molecule has 1 aliphatic heterocycles. The zero-order valence-electron chi connectivity index (χ0n) is 12.8. The maximum absolute atomic E-state index is 13.6. The van der Waals surface area contributed by atoms with Crippen LogP contribution in [-0.2, 0) is 0 Å². The highest BCUT2D eigenvalue weighted by Crippen LogP contribution is 2.34. The van der Waals surface area contributed by atoms with Crippen LogP contribution >= 0.6 is 11.8 Å². The lowest BCUT2D eigenvalue weighted by Crippen LogP contribution is -2.22. The minimum Gasteiger partial charge on any atom is -0.469 e. The first-order valence-electron chi connectivity index (χ1n) is 7.25. The second-order valence-electron chi connectivity index (χ2n) is 5.38. The van der Waals surface area contributed by atoms with E-state index in [2.05, 4.69) is 15.3 Å². The number of hydrogen-bond donors (Lipinski definition) is 0. The third-order valence-electron chi connectivity index (χ3n) is 3.80. The van der Waals surface area contributed by atoms with E-state index in [-0.39, 0.29) is 5.25 Å². The highest BCUT2D eigenvalue weighted by Gasteiger charge is 2.27. The number of hydrogen-bond acceptors (Lipinski definition) is 5. The molecule has 0 aliphatic carbocycles. The molecule has 0 saturated heterocycles. The Kier molecular flexibility index (Phi) is 3.49. The van der Waals surface area contributed by atoms with Crippen LogP contribution in [0.4, 0.5) is 8.78 Å². The Balaban J connectivity index is 1.85. The molecule has 3 heterocycles. The summed E-state index contributed by atoms with van der Waals surface area (Å²) in [4.78, 5) is 0. The van der Waals surface area contributed by atoms with Gasteiger partial charge < -0.3 is 4.42 Å². The first kappa shape index (κ1) is 15.1. The van der Waals surface area contributed by atoms with E-state index in [0.29, 0.717) is 28.0 Å². The van der Waals surface area contributed by atoms with Crippen LogP contribution in [-0.4, -0.2) is 25.8 Å². The molecule has 3 aromatic rings. The average molecular weight is 346 g/mol. The molecule has 0 spiro atoms. The fraction of sp³-hybridized carbons (Fsp3) is 0.188. The van der Waals surface area contributed by atoms with E-state index in [9.17, 15) is 8.78 Å². The van der Waals surface area contributed by atoms with Crippen molar-refractivity contribution in [3.63, 3.8) is 0 Å². The number of fused-ring (bicyclic) bond motifs is 1. The normalized spacial score (nSPS) is 16.8. The molecule has 2 aromatic heterocycles. The number of aromatic nitrogens is 3. The van der Waals surface area contributed by atoms with E-state index in [1.807, 2.05) is 13.8 Å². The molecule has 1 unspecified atom stereocenters. The van der Waals surface area contributed by atoms with Crippen molar-refractivity contribution in [1.29, 1.82) is 0 Å². The first-order chi connectivity index (χ1) is 11.5. The number of thioether (sulfide) groups is 1. The molecular formula is C16H12F2N4OS. The standard InChI is InChI=1S/C16H12F2N4OS/c1-8-11(5-6-23-8)15-19-20-16-22(15)21-14(9(2)24-16)10-3-4-12(17)13(18)7-10/h3-7,9H,1-2H3. The summed E-state index contributed by atoms with van der Waals surface area (Å²) in [6, 6.07) is 5.57. The van der Waals surface area contributed by atoms with Crippen LogP contribution in [0.15, 0.2) is 45.2 Å². The van der Waals surface area contributed by atoms with Crippen molar-refractivity contribution in [2.75, 3.05) is 0 Å². The van der Waals surface area contributed by atoms with E-state index in [1.165, 1.54) is 17.8 Å². The number of aryl methyl sites for hydroxylation is 1. The molecule has 5 nitrogen and oxygen atoms in total. The highest BCUT2D eigenvalue weighted by atomic mass is 32.2. The molecule has 1 atom stereocenters. The van der Waals surface area contributed by atoms with Crippen molar-refractivity contribution in [2.45, 2.75) is 24.3 Å². The van der Waals surface area contributed by atoms with Gasteiger partial charge in [-0.25, -0.2) is 8.78 Å². The molecular weight excluding hydrogens is 334 g/mol. The monoisotopic (exact) mass is 346 g/mol. The van der Waals surface area contributed by atoms with Gasteiger partial charge in [-0.15, -0.1) is 10.2 Å². The van der Waals surface area contributed by atoms with Gasteiger partial charge in [0.1, 0.15) is 5.76 Å². The van der Waals surface area contributed by atoms with Crippen molar-refractivity contribution in [2.24, 2.45) is 5.10 Å². The van der Waals surface area contributed by atoms with Gasteiger partial charge in [0.25, 0.3) is 0 Å². The van der Waals surface area contributed by atoms with Crippen molar-refractivity contribution in [3.05, 3.63) is 53.5 Å². The van der Waals surface area contributed by atoms with E-state index >= 15 is 0 Å². The quantitative estimate of drug-likeness (QED) is 0.707. The lowest BCUT2D eigenvalue weighted by Gasteiger charge is -2.19. The minimum absolute atomic E-state index is 0.0649. The summed E-state index contributed by atoms with van der Waals surface area (Å²) >= 11 is 1.46. The molecule has 1 aliphatic rings. The molecule has 0 radical (unpaired) electrons. The van der Waals surface area contributed by atoms with Gasteiger partial charge >= 0.3 is 0 Å². The van der Waals surface area contributed by atoms with Crippen molar-refractivity contribution >= 4 is 17.5 Å². The van der Waals surface area contributed by atoms with Crippen LogP contribution in [0.3, 0.4) is 0 Å². The summed E-state index contributed by atoms with van der Waals surface area (Å²) in [6.45, 7) is 3.77. The molecule has 24 heavy (non-hydrogen) atoms. The highest BCUT2D eigenvalue weighted by molar-refractivity contribution is 8.00. The minimum atomic E-state index is -0.896. The van der Waals surface area contributed by atoms with Crippen molar-refractivity contribution in [1.82, 2.24) is 14.9 Å². The fourth-order valence-electron chi connectivity index (χ4n) is 2.56. The zero-order valence-corrected chi connectivity index (χ0v) is 13.6. The van der Waals surface area contributed by atoms with Crippen LogP contribution in [0.2, 0.25) is 0 Å². The SMILES string of the molecule is Cc1occc1-c1nnc2n1N=C(c1ccc(F)c(F)c1)C(C)S2. The zero-order chi connectivity index (χ0) is 16.8. The van der Waals surface area contributed by atoms with Gasteiger partial charge in [0.15, 0.2) is 17.5 Å². The van der Waals surface area contributed by atoms with Crippen LogP contribution in [0, 0.1) is 18.6 Å². The first-order valence-corrected chi connectivity index (χ1v) is 8.13. The number of rotatable bonds is 2. The molecule has 0 bridgehead atoms. The summed E-state index contributed by atoms with van der Waals surface area (Å²) in [7, 11) is 0. The molecule has 1 aromatic carbocycles. The Morgan fingerprint density at radius 2 is 2.00 bits per heavy atom. The Morgan fingerprint density at radius 1 is 1.17 bits per heavy atom. The molecule has 8 heteroatoms. The Morgan fingerprint density at radius 3 is 2.71 bits per heavy atom. The molecule has 122 valence electrons. The molecule has 0 saturated carbocycles. The van der Waals surface area contributed by atoms with E-state index in [0.717, 1.165) is 17.7 Å². The molecule has 0 amide bonds. The van der Waals surface area contributed by atoms with Gasteiger partial charge in [0.05, 0.1) is 22.8 Å². The molecule has 0 N–H and O–H groups in total. The fourth-order valence-corrected chi connectivity index (χ4v) is 3.49.